The average Bonchev–Trinajstić information content (AvgIpc) is 2.55. The van der Waals surface area contributed by atoms with Crippen molar-refractivity contribution in [3.8, 4) is 0 Å². The smallest absolute Gasteiger partial charge is 0.244 e. The van der Waals surface area contributed by atoms with Crippen LogP contribution in [-0.2, 0) is 11.3 Å². The third-order valence-corrected chi connectivity index (χ3v) is 4.47. The van der Waals surface area contributed by atoms with Crippen LogP contribution in [0.3, 0.4) is 0 Å². The number of carbonyl (C=O) groups is 1. The molecule has 1 saturated heterocycles. The highest BCUT2D eigenvalue weighted by molar-refractivity contribution is 6.30. The Hall–Kier alpha value is -1.91. The van der Waals surface area contributed by atoms with Crippen LogP contribution in [-0.4, -0.2) is 29.9 Å². The van der Waals surface area contributed by atoms with Crippen molar-refractivity contribution in [3.05, 3.63) is 64.9 Å². The number of benzene rings is 2. The van der Waals surface area contributed by atoms with Crippen LogP contribution in [0.5, 0.6) is 0 Å². The Morgan fingerprint density at radius 1 is 1.09 bits per heavy atom. The monoisotopic (exact) mass is 332 g/mol. The van der Waals surface area contributed by atoms with Gasteiger partial charge in [-0.3, -0.25) is 9.69 Å². The molecule has 5 heteroatoms. The Bertz CT molecular complexity index is 687. The van der Waals surface area contributed by atoms with E-state index in [0.29, 0.717) is 18.1 Å². The zero-order valence-electron chi connectivity index (χ0n) is 12.9. The molecule has 2 aromatic carbocycles. The van der Waals surface area contributed by atoms with Gasteiger partial charge in [-0.2, -0.15) is 0 Å². The predicted molar refractivity (Wildman–Crippen MR) is 90.1 cm³/mol. The lowest BCUT2D eigenvalue weighted by molar-refractivity contribution is -0.125. The van der Waals surface area contributed by atoms with Crippen LogP contribution in [0.25, 0.3) is 0 Å². The van der Waals surface area contributed by atoms with Crippen molar-refractivity contribution in [3.63, 3.8) is 0 Å². The normalized spacial score (nSPS) is 19.2. The minimum Gasteiger partial charge on any atom is -0.310 e. The highest BCUT2D eigenvalue weighted by atomic mass is 35.5. The van der Waals surface area contributed by atoms with Gasteiger partial charge in [0.25, 0.3) is 0 Å². The minimum absolute atomic E-state index is 0.0701. The molecular weight excluding hydrogens is 315 g/mol. The van der Waals surface area contributed by atoms with Gasteiger partial charge in [0.15, 0.2) is 0 Å². The third-order valence-electron chi connectivity index (χ3n) is 4.22. The second-order valence-electron chi connectivity index (χ2n) is 5.74. The summed E-state index contributed by atoms with van der Waals surface area (Å²) < 4.78 is 13.0. The molecule has 1 heterocycles. The lowest BCUT2D eigenvalue weighted by atomic mass is 10.1. The van der Waals surface area contributed by atoms with Gasteiger partial charge in [0, 0.05) is 30.3 Å². The first-order chi connectivity index (χ1) is 11.0. The van der Waals surface area contributed by atoms with Gasteiger partial charge in [0.2, 0.25) is 5.91 Å². The van der Waals surface area contributed by atoms with Crippen molar-refractivity contribution in [2.24, 2.45) is 0 Å². The van der Waals surface area contributed by atoms with E-state index in [0.717, 1.165) is 17.8 Å². The summed E-state index contributed by atoms with van der Waals surface area (Å²) in [4.78, 5) is 16.6. The van der Waals surface area contributed by atoms with Crippen molar-refractivity contribution in [2.45, 2.75) is 19.5 Å². The Kier molecular flexibility index (Phi) is 4.64. The summed E-state index contributed by atoms with van der Waals surface area (Å²) in [6, 6.07) is 13.5. The maximum Gasteiger partial charge on any atom is 0.244 e. The topological polar surface area (TPSA) is 23.6 Å². The molecule has 0 aromatic heterocycles. The Morgan fingerprint density at radius 2 is 1.74 bits per heavy atom. The minimum atomic E-state index is -0.245. The summed E-state index contributed by atoms with van der Waals surface area (Å²) in [6.07, 6.45) is 0. The van der Waals surface area contributed by atoms with Crippen LogP contribution in [0.2, 0.25) is 5.02 Å². The zero-order chi connectivity index (χ0) is 16.4. The largest absolute Gasteiger partial charge is 0.310 e. The lowest BCUT2D eigenvalue weighted by Crippen LogP contribution is -2.55. The Labute approximate surface area is 140 Å². The van der Waals surface area contributed by atoms with Crippen molar-refractivity contribution >= 4 is 23.2 Å². The molecule has 0 saturated carbocycles. The molecule has 23 heavy (non-hydrogen) atoms. The fourth-order valence-corrected chi connectivity index (χ4v) is 2.96. The number of amides is 1. The van der Waals surface area contributed by atoms with E-state index in [4.69, 9.17) is 11.6 Å². The first kappa shape index (κ1) is 16.0. The molecule has 120 valence electrons. The first-order valence-corrected chi connectivity index (χ1v) is 7.98. The van der Waals surface area contributed by atoms with Gasteiger partial charge in [-0.15, -0.1) is 0 Å². The zero-order valence-corrected chi connectivity index (χ0v) is 13.6. The molecule has 0 N–H and O–H groups in total. The van der Waals surface area contributed by atoms with Gasteiger partial charge in [0.1, 0.15) is 5.82 Å². The van der Waals surface area contributed by atoms with Crippen molar-refractivity contribution in [1.82, 2.24) is 4.90 Å². The molecule has 2 aromatic rings. The van der Waals surface area contributed by atoms with Crippen LogP contribution in [0.4, 0.5) is 10.1 Å². The van der Waals surface area contributed by atoms with E-state index in [1.165, 1.54) is 12.1 Å². The molecule has 1 aliphatic rings. The van der Waals surface area contributed by atoms with E-state index in [9.17, 15) is 9.18 Å². The molecule has 0 bridgehead atoms. The molecule has 0 radical (unpaired) electrons. The summed E-state index contributed by atoms with van der Waals surface area (Å²) in [5.74, 6) is -0.175. The highest BCUT2D eigenvalue weighted by Gasteiger charge is 2.32. The molecule has 1 atom stereocenters. The summed E-state index contributed by atoms with van der Waals surface area (Å²) in [5, 5.41) is 0.657. The van der Waals surface area contributed by atoms with E-state index in [-0.39, 0.29) is 17.8 Å². The quantitative estimate of drug-likeness (QED) is 0.855. The number of hydrogen-bond acceptors (Lipinski definition) is 2. The van der Waals surface area contributed by atoms with Crippen LogP contribution < -0.4 is 4.90 Å². The summed E-state index contributed by atoms with van der Waals surface area (Å²) >= 11 is 5.90. The fourth-order valence-electron chi connectivity index (χ4n) is 2.83. The van der Waals surface area contributed by atoms with Gasteiger partial charge >= 0.3 is 0 Å². The van der Waals surface area contributed by atoms with Gasteiger partial charge in [-0.05, 0) is 48.9 Å². The molecule has 1 unspecified atom stereocenters. The molecule has 3 rings (SSSR count). The third kappa shape index (κ3) is 3.54. The fraction of sp³-hybridized carbons (Fsp3) is 0.278. The number of anilines is 1. The Balaban J connectivity index is 1.70. The number of nitrogens with zero attached hydrogens (tertiary/aromatic N) is 2. The van der Waals surface area contributed by atoms with Crippen molar-refractivity contribution in [1.29, 1.82) is 0 Å². The molecular formula is C18H18ClFN2O. The second-order valence-corrected chi connectivity index (χ2v) is 6.18. The lowest BCUT2D eigenvalue weighted by Gasteiger charge is -2.39. The number of piperazine rings is 1. The van der Waals surface area contributed by atoms with Crippen molar-refractivity contribution < 1.29 is 9.18 Å². The van der Waals surface area contributed by atoms with E-state index in [2.05, 4.69) is 4.90 Å². The van der Waals surface area contributed by atoms with Crippen LogP contribution >= 0.6 is 11.6 Å². The molecule has 0 aliphatic carbocycles. The van der Waals surface area contributed by atoms with Crippen LogP contribution in [0, 0.1) is 5.82 Å². The second kappa shape index (κ2) is 6.69. The van der Waals surface area contributed by atoms with E-state index in [1.54, 1.807) is 29.2 Å². The molecule has 1 aliphatic heterocycles. The van der Waals surface area contributed by atoms with E-state index < -0.39 is 0 Å². The number of halogens is 2. The molecule has 3 nitrogen and oxygen atoms in total. The average molecular weight is 333 g/mol. The van der Waals surface area contributed by atoms with Gasteiger partial charge in [-0.25, -0.2) is 4.39 Å². The SMILES string of the molecule is CC1C(=O)N(c2ccc(Cl)cc2)CCN1Cc1ccc(F)cc1. The van der Waals surface area contributed by atoms with E-state index >= 15 is 0 Å². The maximum atomic E-state index is 13.0. The molecule has 1 amide bonds. The number of hydrogen-bond donors (Lipinski definition) is 0. The maximum absolute atomic E-state index is 13.0. The highest BCUT2D eigenvalue weighted by Crippen LogP contribution is 2.23. The summed E-state index contributed by atoms with van der Waals surface area (Å²) in [5.41, 5.74) is 1.87. The first-order valence-electron chi connectivity index (χ1n) is 7.60. The number of rotatable bonds is 3. The van der Waals surface area contributed by atoms with Gasteiger partial charge < -0.3 is 4.90 Å². The standard InChI is InChI=1S/C18H18ClFN2O/c1-13-18(23)22(17-8-4-15(19)5-9-17)11-10-21(13)12-14-2-6-16(20)7-3-14/h2-9,13H,10-12H2,1H3. The van der Waals surface area contributed by atoms with Crippen LogP contribution in [0.1, 0.15) is 12.5 Å². The predicted octanol–water partition coefficient (Wildman–Crippen LogP) is 3.72. The van der Waals surface area contributed by atoms with Crippen molar-refractivity contribution in [2.75, 3.05) is 18.0 Å². The van der Waals surface area contributed by atoms with Crippen LogP contribution in [0.15, 0.2) is 48.5 Å². The molecule has 0 spiro atoms. The van der Waals surface area contributed by atoms with Gasteiger partial charge in [0.05, 0.1) is 6.04 Å². The van der Waals surface area contributed by atoms with Gasteiger partial charge in [-0.1, -0.05) is 23.7 Å². The Morgan fingerprint density at radius 3 is 2.39 bits per heavy atom. The molecule has 1 fully saturated rings. The summed E-state index contributed by atoms with van der Waals surface area (Å²) in [6.45, 7) is 3.95. The number of carbonyl (C=O) groups excluding carboxylic acids is 1. The van der Waals surface area contributed by atoms with E-state index in [1.807, 2.05) is 19.1 Å². The summed E-state index contributed by atoms with van der Waals surface area (Å²) in [7, 11) is 0.